The quantitative estimate of drug-likeness (QED) is 0.660. The summed E-state index contributed by atoms with van der Waals surface area (Å²) >= 11 is 0. The Balaban J connectivity index is 2.15. The third kappa shape index (κ3) is 3.09. The van der Waals surface area contributed by atoms with Crippen molar-refractivity contribution in [3.63, 3.8) is 0 Å². The summed E-state index contributed by atoms with van der Waals surface area (Å²) in [5.41, 5.74) is 5.41. The highest BCUT2D eigenvalue weighted by atomic mass is 16.3. The Bertz CT molecular complexity index is 884. The Labute approximate surface area is 136 Å². The molecule has 1 aromatic heterocycles. The minimum atomic E-state index is 0.255. The number of phenols is 1. The minimum Gasteiger partial charge on any atom is -0.508 e. The molecule has 0 radical (unpaired) electrons. The van der Waals surface area contributed by atoms with Crippen molar-refractivity contribution in [2.24, 2.45) is 0 Å². The average Bonchev–Trinajstić information content (AvgIpc) is 2.53. The fourth-order valence-electron chi connectivity index (χ4n) is 2.86. The van der Waals surface area contributed by atoms with Gasteiger partial charge >= 0.3 is 0 Å². The highest BCUT2D eigenvalue weighted by Gasteiger charge is 2.10. The normalized spacial score (nSPS) is 10.9. The third-order valence-corrected chi connectivity index (χ3v) is 3.94. The molecule has 0 amide bonds. The van der Waals surface area contributed by atoms with Crippen molar-refractivity contribution in [1.29, 1.82) is 5.41 Å². The standard InChI is InChI=1S/C20H20N2O/c1-3-5-19(21)18-10-13(2)22-20-12-15(8-9-17(18)20)14-6-4-7-16(23)11-14/h4,6-12,21,23H,3,5H2,1-2H3. The van der Waals surface area contributed by atoms with Crippen molar-refractivity contribution in [1.82, 2.24) is 4.98 Å². The SMILES string of the molecule is CCCC(=N)c1cc(C)nc2cc(-c3cccc(O)c3)ccc12. The molecule has 1 heterocycles. The van der Waals surface area contributed by atoms with Crippen LogP contribution in [0.3, 0.4) is 0 Å². The van der Waals surface area contributed by atoms with E-state index in [0.29, 0.717) is 5.71 Å². The van der Waals surface area contributed by atoms with E-state index in [1.54, 1.807) is 12.1 Å². The molecule has 3 heteroatoms. The second-order valence-corrected chi connectivity index (χ2v) is 5.82. The lowest BCUT2D eigenvalue weighted by Crippen LogP contribution is -2.01. The number of aryl methyl sites for hydroxylation is 1. The van der Waals surface area contributed by atoms with E-state index in [4.69, 9.17) is 5.41 Å². The smallest absolute Gasteiger partial charge is 0.116 e. The summed E-state index contributed by atoms with van der Waals surface area (Å²) in [6.07, 6.45) is 1.73. The van der Waals surface area contributed by atoms with Crippen LogP contribution >= 0.6 is 0 Å². The number of nitrogens with zero attached hydrogens (tertiary/aromatic N) is 1. The van der Waals surface area contributed by atoms with Crippen molar-refractivity contribution in [2.75, 3.05) is 0 Å². The second-order valence-electron chi connectivity index (χ2n) is 5.82. The van der Waals surface area contributed by atoms with Gasteiger partial charge in [-0.2, -0.15) is 0 Å². The van der Waals surface area contributed by atoms with Gasteiger partial charge in [-0.3, -0.25) is 4.98 Å². The van der Waals surface area contributed by atoms with Crippen LogP contribution in [0, 0.1) is 12.3 Å². The first-order valence-electron chi connectivity index (χ1n) is 7.87. The lowest BCUT2D eigenvalue weighted by atomic mass is 9.97. The van der Waals surface area contributed by atoms with E-state index in [-0.39, 0.29) is 5.75 Å². The van der Waals surface area contributed by atoms with Crippen molar-refractivity contribution >= 4 is 16.6 Å². The van der Waals surface area contributed by atoms with Crippen molar-refractivity contribution in [2.45, 2.75) is 26.7 Å². The monoisotopic (exact) mass is 304 g/mol. The van der Waals surface area contributed by atoms with Gasteiger partial charge in [-0.25, -0.2) is 0 Å². The average molecular weight is 304 g/mol. The Kier molecular flexibility index (Phi) is 4.11. The summed E-state index contributed by atoms with van der Waals surface area (Å²) in [6.45, 7) is 4.05. The highest BCUT2D eigenvalue weighted by molar-refractivity contribution is 6.09. The zero-order chi connectivity index (χ0) is 16.4. The van der Waals surface area contributed by atoms with Crippen LogP contribution in [0.25, 0.3) is 22.0 Å². The molecule has 3 rings (SSSR count). The predicted molar refractivity (Wildman–Crippen MR) is 95.3 cm³/mol. The fraction of sp³-hybridized carbons (Fsp3) is 0.200. The third-order valence-electron chi connectivity index (χ3n) is 3.94. The number of aromatic hydroxyl groups is 1. The maximum atomic E-state index is 9.66. The number of hydrogen-bond donors (Lipinski definition) is 2. The summed E-state index contributed by atoms with van der Waals surface area (Å²) in [5, 5.41) is 19.0. The summed E-state index contributed by atoms with van der Waals surface area (Å²) in [7, 11) is 0. The minimum absolute atomic E-state index is 0.255. The molecule has 0 fully saturated rings. The van der Waals surface area contributed by atoms with Crippen LogP contribution < -0.4 is 0 Å². The van der Waals surface area contributed by atoms with Gasteiger partial charge in [0.05, 0.1) is 5.52 Å². The Morgan fingerprint density at radius 1 is 1.09 bits per heavy atom. The molecule has 0 bridgehead atoms. The Morgan fingerprint density at radius 3 is 2.61 bits per heavy atom. The molecule has 0 aliphatic rings. The van der Waals surface area contributed by atoms with E-state index in [0.717, 1.165) is 46.1 Å². The number of pyridine rings is 1. The summed E-state index contributed by atoms with van der Waals surface area (Å²) in [5.74, 6) is 0.255. The van der Waals surface area contributed by atoms with Gasteiger partial charge in [0, 0.05) is 22.4 Å². The summed E-state index contributed by atoms with van der Waals surface area (Å²) in [6, 6.07) is 15.3. The zero-order valence-electron chi connectivity index (χ0n) is 13.4. The van der Waals surface area contributed by atoms with Crippen LogP contribution in [-0.2, 0) is 0 Å². The molecule has 23 heavy (non-hydrogen) atoms. The summed E-state index contributed by atoms with van der Waals surface area (Å²) in [4.78, 5) is 4.63. The van der Waals surface area contributed by atoms with Crippen molar-refractivity contribution < 1.29 is 5.11 Å². The van der Waals surface area contributed by atoms with E-state index in [1.807, 2.05) is 43.3 Å². The molecule has 0 atom stereocenters. The van der Waals surface area contributed by atoms with Gasteiger partial charge in [0.2, 0.25) is 0 Å². The van der Waals surface area contributed by atoms with E-state index >= 15 is 0 Å². The first kappa shape index (κ1) is 15.2. The first-order valence-corrected chi connectivity index (χ1v) is 7.87. The molecule has 0 unspecified atom stereocenters. The number of aromatic nitrogens is 1. The van der Waals surface area contributed by atoms with Crippen molar-refractivity contribution in [3.8, 4) is 16.9 Å². The number of fused-ring (bicyclic) bond motifs is 1. The predicted octanol–water partition coefficient (Wildman–Crippen LogP) is 5.08. The van der Waals surface area contributed by atoms with Gasteiger partial charge < -0.3 is 10.5 Å². The van der Waals surface area contributed by atoms with Crippen molar-refractivity contribution in [3.05, 3.63) is 59.8 Å². The van der Waals surface area contributed by atoms with Gasteiger partial charge in [0.25, 0.3) is 0 Å². The van der Waals surface area contributed by atoms with Crippen LogP contribution in [0.4, 0.5) is 0 Å². The number of nitrogens with one attached hydrogen (secondary N) is 1. The van der Waals surface area contributed by atoms with Gasteiger partial charge in [-0.1, -0.05) is 37.6 Å². The summed E-state index contributed by atoms with van der Waals surface area (Å²) < 4.78 is 0. The van der Waals surface area contributed by atoms with E-state index < -0.39 is 0 Å². The van der Waals surface area contributed by atoms with Gasteiger partial charge in [-0.05, 0) is 48.7 Å². The van der Waals surface area contributed by atoms with Crippen LogP contribution in [0.5, 0.6) is 5.75 Å². The number of rotatable bonds is 4. The molecule has 0 spiro atoms. The van der Waals surface area contributed by atoms with Gasteiger partial charge in [0.15, 0.2) is 0 Å². The lowest BCUT2D eigenvalue weighted by Gasteiger charge is -2.10. The van der Waals surface area contributed by atoms with Crippen LogP contribution in [0.15, 0.2) is 48.5 Å². The number of hydrogen-bond acceptors (Lipinski definition) is 3. The maximum Gasteiger partial charge on any atom is 0.116 e. The van der Waals surface area contributed by atoms with Crippen LogP contribution in [0.2, 0.25) is 0 Å². The van der Waals surface area contributed by atoms with Gasteiger partial charge in [0.1, 0.15) is 5.75 Å². The number of benzene rings is 2. The molecule has 0 aliphatic heterocycles. The van der Waals surface area contributed by atoms with Gasteiger partial charge in [-0.15, -0.1) is 0 Å². The van der Waals surface area contributed by atoms with E-state index in [9.17, 15) is 5.11 Å². The molecule has 2 N–H and O–H groups in total. The fourth-order valence-corrected chi connectivity index (χ4v) is 2.86. The van der Waals surface area contributed by atoms with Crippen LogP contribution in [-0.4, -0.2) is 15.8 Å². The molecule has 0 saturated heterocycles. The molecule has 0 saturated carbocycles. The maximum absolute atomic E-state index is 9.66. The van der Waals surface area contributed by atoms with Crippen LogP contribution in [0.1, 0.15) is 31.0 Å². The molecular formula is C20H20N2O. The Morgan fingerprint density at radius 2 is 1.87 bits per heavy atom. The highest BCUT2D eigenvalue weighted by Crippen LogP contribution is 2.28. The lowest BCUT2D eigenvalue weighted by molar-refractivity contribution is 0.475. The largest absolute Gasteiger partial charge is 0.508 e. The second kappa shape index (κ2) is 6.21. The molecule has 3 aromatic rings. The number of phenolic OH excluding ortho intramolecular Hbond substituents is 1. The zero-order valence-corrected chi connectivity index (χ0v) is 13.4. The van der Waals surface area contributed by atoms with E-state index in [1.165, 1.54) is 0 Å². The van der Waals surface area contributed by atoms with E-state index in [2.05, 4.69) is 11.9 Å². The molecule has 0 aliphatic carbocycles. The molecular weight excluding hydrogens is 284 g/mol. The molecule has 3 nitrogen and oxygen atoms in total. The Hall–Kier alpha value is -2.68. The topological polar surface area (TPSA) is 57.0 Å². The molecule has 116 valence electrons. The first-order chi connectivity index (χ1) is 11.1. The molecule has 2 aromatic carbocycles.